The van der Waals surface area contributed by atoms with Crippen LogP contribution in [-0.4, -0.2) is 42.5 Å². The molecule has 31 heavy (non-hydrogen) atoms. The third kappa shape index (κ3) is 8.13. The molecule has 0 aliphatic carbocycles. The summed E-state index contributed by atoms with van der Waals surface area (Å²) in [6, 6.07) is 14.0. The Hall–Kier alpha value is -2.73. The highest BCUT2D eigenvalue weighted by atomic mass is 35.5. The van der Waals surface area contributed by atoms with E-state index in [0.717, 1.165) is 11.3 Å². The van der Waals surface area contributed by atoms with Gasteiger partial charge >= 0.3 is 0 Å². The van der Waals surface area contributed by atoms with Crippen molar-refractivity contribution in [3.8, 4) is 11.5 Å². The molecule has 0 aliphatic rings. The number of amides is 2. The first kappa shape index (κ1) is 24.5. The topological polar surface area (TPSA) is 67.9 Å². The Morgan fingerprint density at radius 2 is 1.61 bits per heavy atom. The molecule has 0 saturated heterocycles. The van der Waals surface area contributed by atoms with Crippen LogP contribution < -0.4 is 14.8 Å². The zero-order valence-corrected chi connectivity index (χ0v) is 19.3. The molecule has 2 rings (SSSR count). The number of hydrogen-bond donors (Lipinski definition) is 1. The Kier molecular flexibility index (Phi) is 9.66. The van der Waals surface area contributed by atoms with Gasteiger partial charge in [-0.25, -0.2) is 0 Å². The highest BCUT2D eigenvalue weighted by molar-refractivity contribution is 6.30. The highest BCUT2D eigenvalue weighted by Gasteiger charge is 2.26. The van der Waals surface area contributed by atoms with Crippen molar-refractivity contribution in [2.75, 3.05) is 13.7 Å². The molecule has 0 bridgehead atoms. The number of methoxy groups -OCH3 is 1. The molecule has 168 valence electrons. The number of carbonyl (C=O) groups is 2. The molecule has 0 aliphatic heterocycles. The quantitative estimate of drug-likeness (QED) is 0.518. The van der Waals surface area contributed by atoms with Gasteiger partial charge < -0.3 is 19.7 Å². The van der Waals surface area contributed by atoms with E-state index in [9.17, 15) is 9.59 Å². The zero-order valence-electron chi connectivity index (χ0n) is 18.6. The van der Waals surface area contributed by atoms with Crippen LogP contribution in [0.2, 0.25) is 5.02 Å². The Bertz CT molecular complexity index is 838. The number of rotatable bonds is 11. The Balaban J connectivity index is 2.00. The van der Waals surface area contributed by atoms with Crippen molar-refractivity contribution < 1.29 is 19.1 Å². The third-order valence-electron chi connectivity index (χ3n) is 4.73. The van der Waals surface area contributed by atoms with Crippen molar-refractivity contribution in [2.45, 2.75) is 52.2 Å². The maximum absolute atomic E-state index is 13.0. The number of ether oxygens (including phenoxy) is 2. The molecule has 0 unspecified atom stereocenters. The van der Waals surface area contributed by atoms with Gasteiger partial charge in [0.2, 0.25) is 11.8 Å². The predicted octanol–water partition coefficient (Wildman–Crippen LogP) is 4.45. The smallest absolute Gasteiger partial charge is 0.242 e. The number of nitrogens with zero attached hydrogens (tertiary/aromatic N) is 1. The van der Waals surface area contributed by atoms with E-state index in [1.165, 1.54) is 0 Å². The average molecular weight is 447 g/mol. The van der Waals surface area contributed by atoms with E-state index in [2.05, 4.69) is 5.32 Å². The van der Waals surface area contributed by atoms with Crippen molar-refractivity contribution in [1.29, 1.82) is 0 Å². The van der Waals surface area contributed by atoms with Crippen molar-refractivity contribution in [2.24, 2.45) is 0 Å². The number of benzene rings is 2. The maximum Gasteiger partial charge on any atom is 0.242 e. The second-order valence-electron chi connectivity index (χ2n) is 7.61. The van der Waals surface area contributed by atoms with Crippen LogP contribution in [0.5, 0.6) is 11.5 Å². The van der Waals surface area contributed by atoms with Gasteiger partial charge in [0, 0.05) is 24.0 Å². The molecule has 0 radical (unpaired) electrons. The van der Waals surface area contributed by atoms with Gasteiger partial charge in [0.15, 0.2) is 0 Å². The van der Waals surface area contributed by atoms with Crippen LogP contribution in [0.15, 0.2) is 48.5 Å². The first-order valence-corrected chi connectivity index (χ1v) is 10.8. The normalized spacial score (nSPS) is 11.7. The van der Waals surface area contributed by atoms with E-state index in [0.29, 0.717) is 30.3 Å². The van der Waals surface area contributed by atoms with E-state index in [1.54, 1.807) is 43.2 Å². The fourth-order valence-corrected chi connectivity index (χ4v) is 3.13. The SMILES string of the molecule is COc1ccc(CN(C(=O)CCCOc2ccc(Cl)cc2)[C@@H](C)C(=O)NC(C)C)cc1. The monoisotopic (exact) mass is 446 g/mol. The van der Waals surface area contributed by atoms with Gasteiger partial charge in [0.05, 0.1) is 13.7 Å². The van der Waals surface area contributed by atoms with Crippen LogP contribution in [-0.2, 0) is 16.1 Å². The minimum Gasteiger partial charge on any atom is -0.497 e. The van der Waals surface area contributed by atoms with Crippen molar-refractivity contribution in [3.05, 3.63) is 59.1 Å². The van der Waals surface area contributed by atoms with E-state index < -0.39 is 6.04 Å². The molecule has 1 N–H and O–H groups in total. The lowest BCUT2D eigenvalue weighted by Gasteiger charge is -2.29. The summed E-state index contributed by atoms with van der Waals surface area (Å²) in [5, 5.41) is 3.53. The van der Waals surface area contributed by atoms with E-state index in [4.69, 9.17) is 21.1 Å². The number of nitrogens with one attached hydrogen (secondary N) is 1. The van der Waals surface area contributed by atoms with Crippen LogP contribution in [0.4, 0.5) is 0 Å². The zero-order chi connectivity index (χ0) is 22.8. The molecule has 2 amide bonds. The van der Waals surface area contributed by atoms with Crippen molar-refractivity contribution in [1.82, 2.24) is 10.2 Å². The van der Waals surface area contributed by atoms with E-state index in [1.807, 2.05) is 38.1 Å². The van der Waals surface area contributed by atoms with E-state index in [-0.39, 0.29) is 24.3 Å². The molecule has 0 aromatic heterocycles. The van der Waals surface area contributed by atoms with Crippen LogP contribution in [0.3, 0.4) is 0 Å². The first-order valence-electron chi connectivity index (χ1n) is 10.4. The van der Waals surface area contributed by atoms with Gasteiger partial charge in [-0.3, -0.25) is 9.59 Å². The summed E-state index contributed by atoms with van der Waals surface area (Å²) >= 11 is 5.87. The van der Waals surface area contributed by atoms with Crippen LogP contribution in [0.1, 0.15) is 39.2 Å². The van der Waals surface area contributed by atoms with Gasteiger partial charge in [-0.15, -0.1) is 0 Å². The Labute approximate surface area is 189 Å². The maximum atomic E-state index is 13.0. The summed E-state index contributed by atoms with van der Waals surface area (Å²) in [6.45, 7) is 6.29. The number of hydrogen-bond acceptors (Lipinski definition) is 4. The summed E-state index contributed by atoms with van der Waals surface area (Å²) in [7, 11) is 1.61. The molecular weight excluding hydrogens is 416 g/mol. The van der Waals surface area contributed by atoms with Gasteiger partial charge in [-0.05, 0) is 69.2 Å². The average Bonchev–Trinajstić information content (AvgIpc) is 2.75. The summed E-state index contributed by atoms with van der Waals surface area (Å²) in [4.78, 5) is 27.2. The minimum atomic E-state index is -0.589. The molecule has 0 heterocycles. The molecule has 0 fully saturated rings. The van der Waals surface area contributed by atoms with E-state index >= 15 is 0 Å². The predicted molar refractivity (Wildman–Crippen MR) is 122 cm³/mol. The minimum absolute atomic E-state index is 0.000615. The summed E-state index contributed by atoms with van der Waals surface area (Å²) in [6.07, 6.45) is 0.822. The lowest BCUT2D eigenvalue weighted by Crippen LogP contribution is -2.49. The molecule has 2 aromatic rings. The largest absolute Gasteiger partial charge is 0.497 e. The van der Waals surface area contributed by atoms with Gasteiger partial charge in [0.1, 0.15) is 17.5 Å². The highest BCUT2D eigenvalue weighted by Crippen LogP contribution is 2.18. The molecule has 7 heteroatoms. The Morgan fingerprint density at radius 3 is 2.19 bits per heavy atom. The summed E-state index contributed by atoms with van der Waals surface area (Å²) in [5.74, 6) is 1.18. The third-order valence-corrected chi connectivity index (χ3v) is 4.98. The lowest BCUT2D eigenvalue weighted by molar-refractivity contribution is -0.141. The summed E-state index contributed by atoms with van der Waals surface area (Å²) in [5.41, 5.74) is 0.927. The molecule has 2 aromatic carbocycles. The number of carbonyl (C=O) groups excluding carboxylic acids is 2. The Morgan fingerprint density at radius 1 is 1.00 bits per heavy atom. The summed E-state index contributed by atoms with van der Waals surface area (Å²) < 4.78 is 10.9. The van der Waals surface area contributed by atoms with Gasteiger partial charge in [-0.1, -0.05) is 23.7 Å². The van der Waals surface area contributed by atoms with Crippen LogP contribution >= 0.6 is 11.6 Å². The molecule has 1 atom stereocenters. The second-order valence-corrected chi connectivity index (χ2v) is 8.05. The fourth-order valence-electron chi connectivity index (χ4n) is 3.00. The van der Waals surface area contributed by atoms with Crippen LogP contribution in [0.25, 0.3) is 0 Å². The van der Waals surface area contributed by atoms with Crippen molar-refractivity contribution in [3.63, 3.8) is 0 Å². The van der Waals surface area contributed by atoms with Crippen LogP contribution in [0, 0.1) is 0 Å². The first-order chi connectivity index (χ1) is 14.8. The number of halogens is 1. The fraction of sp³-hybridized carbons (Fsp3) is 0.417. The lowest BCUT2D eigenvalue weighted by atomic mass is 10.1. The molecule has 0 spiro atoms. The van der Waals surface area contributed by atoms with Crippen molar-refractivity contribution >= 4 is 23.4 Å². The second kappa shape index (κ2) is 12.2. The molecule has 0 saturated carbocycles. The molecule has 6 nitrogen and oxygen atoms in total. The van der Waals surface area contributed by atoms with Gasteiger partial charge in [-0.2, -0.15) is 0 Å². The standard InChI is InChI=1S/C24H31ClN2O4/c1-17(2)26-24(29)18(3)27(16-19-7-11-21(30-4)12-8-19)23(28)6-5-15-31-22-13-9-20(25)10-14-22/h7-14,17-18H,5-6,15-16H2,1-4H3,(H,26,29)/t18-/m0/s1. The van der Waals surface area contributed by atoms with Gasteiger partial charge in [0.25, 0.3) is 0 Å². The molecular formula is C24H31ClN2O4.